The van der Waals surface area contributed by atoms with E-state index < -0.39 is 0 Å². The third kappa shape index (κ3) is 4.82. The van der Waals surface area contributed by atoms with Gasteiger partial charge in [-0.1, -0.05) is 36.4 Å². The number of rotatable bonds is 6. The van der Waals surface area contributed by atoms with Gasteiger partial charge in [0.15, 0.2) is 0 Å². The normalized spacial score (nSPS) is 14.8. The van der Waals surface area contributed by atoms with Crippen molar-refractivity contribution in [1.82, 2.24) is 9.80 Å². The standard InChI is InChI=1S/C23H26N4O2/c1-16-9-10-19(23(29)27-14-18(13-24)15-27)12-20(16)25-22(28)21(26(2)3)11-17-7-5-4-6-8-17/h4-10,12,18,21H,11,14-15H2,1-3H3,(H,25,28)/t21-/m0/s1. The van der Waals surface area contributed by atoms with Gasteiger partial charge in [0.25, 0.3) is 5.91 Å². The van der Waals surface area contributed by atoms with E-state index in [2.05, 4.69) is 11.4 Å². The second-order valence-electron chi connectivity index (χ2n) is 7.72. The Morgan fingerprint density at radius 1 is 1.21 bits per heavy atom. The molecule has 0 unspecified atom stereocenters. The Morgan fingerprint density at radius 2 is 1.90 bits per heavy atom. The molecule has 1 atom stereocenters. The highest BCUT2D eigenvalue weighted by Crippen LogP contribution is 2.22. The SMILES string of the molecule is Cc1ccc(C(=O)N2CC(C#N)C2)cc1NC(=O)[C@H](Cc1ccccc1)N(C)C. The summed E-state index contributed by atoms with van der Waals surface area (Å²) in [6.07, 6.45) is 0.598. The number of likely N-dealkylation sites (tertiary alicyclic amines) is 1. The lowest BCUT2D eigenvalue weighted by Gasteiger charge is -2.35. The van der Waals surface area contributed by atoms with Crippen LogP contribution < -0.4 is 5.32 Å². The van der Waals surface area contributed by atoms with E-state index in [1.54, 1.807) is 17.0 Å². The molecule has 6 heteroatoms. The third-order valence-corrected chi connectivity index (χ3v) is 5.29. The molecule has 1 aliphatic heterocycles. The molecule has 0 saturated carbocycles. The highest BCUT2D eigenvalue weighted by molar-refractivity contribution is 5.99. The summed E-state index contributed by atoms with van der Waals surface area (Å²) in [5.41, 5.74) is 3.14. The topological polar surface area (TPSA) is 76.4 Å². The molecule has 2 aromatic carbocycles. The molecule has 0 bridgehead atoms. The lowest BCUT2D eigenvalue weighted by atomic mass is 10.00. The number of nitrogens with one attached hydrogen (secondary N) is 1. The summed E-state index contributed by atoms with van der Waals surface area (Å²) in [5, 5.41) is 11.9. The Hall–Kier alpha value is -3.17. The van der Waals surface area contributed by atoms with Gasteiger partial charge in [0.1, 0.15) is 0 Å². The molecule has 1 fully saturated rings. The van der Waals surface area contributed by atoms with Gasteiger partial charge in [0, 0.05) is 24.3 Å². The number of hydrogen-bond donors (Lipinski definition) is 1. The highest BCUT2D eigenvalue weighted by Gasteiger charge is 2.31. The van der Waals surface area contributed by atoms with Gasteiger partial charge in [-0.25, -0.2) is 0 Å². The zero-order chi connectivity index (χ0) is 21.0. The van der Waals surface area contributed by atoms with Gasteiger partial charge in [-0.05, 0) is 50.7 Å². The molecule has 0 spiro atoms. The van der Waals surface area contributed by atoms with E-state index in [1.165, 1.54) is 0 Å². The van der Waals surface area contributed by atoms with E-state index in [0.29, 0.717) is 30.8 Å². The van der Waals surface area contributed by atoms with Crippen LogP contribution in [0.15, 0.2) is 48.5 Å². The largest absolute Gasteiger partial charge is 0.336 e. The predicted molar refractivity (Wildman–Crippen MR) is 112 cm³/mol. The molecule has 0 radical (unpaired) electrons. The first kappa shape index (κ1) is 20.6. The minimum absolute atomic E-state index is 0.0811. The second kappa shape index (κ2) is 8.89. The summed E-state index contributed by atoms with van der Waals surface area (Å²) >= 11 is 0. The fraction of sp³-hybridized carbons (Fsp3) is 0.348. The van der Waals surface area contributed by atoms with Crippen LogP contribution in [0.4, 0.5) is 5.69 Å². The first-order valence-electron chi connectivity index (χ1n) is 9.69. The van der Waals surface area contributed by atoms with Crippen molar-refractivity contribution in [3.05, 3.63) is 65.2 Å². The molecule has 1 aliphatic rings. The van der Waals surface area contributed by atoms with E-state index in [4.69, 9.17) is 5.26 Å². The molecule has 1 saturated heterocycles. The summed E-state index contributed by atoms with van der Waals surface area (Å²) < 4.78 is 0. The monoisotopic (exact) mass is 390 g/mol. The van der Waals surface area contributed by atoms with Crippen molar-refractivity contribution in [3.63, 3.8) is 0 Å². The van der Waals surface area contributed by atoms with E-state index in [9.17, 15) is 9.59 Å². The zero-order valence-corrected chi connectivity index (χ0v) is 17.1. The lowest BCUT2D eigenvalue weighted by Crippen LogP contribution is -2.49. The minimum Gasteiger partial charge on any atom is -0.336 e. The van der Waals surface area contributed by atoms with Crippen LogP contribution in [0.5, 0.6) is 0 Å². The van der Waals surface area contributed by atoms with Crippen LogP contribution in [0.2, 0.25) is 0 Å². The Morgan fingerprint density at radius 3 is 2.52 bits per heavy atom. The molecular weight excluding hydrogens is 364 g/mol. The van der Waals surface area contributed by atoms with Gasteiger partial charge >= 0.3 is 0 Å². The minimum atomic E-state index is -0.331. The number of carbonyl (C=O) groups is 2. The Labute approximate surface area is 171 Å². The summed E-state index contributed by atoms with van der Waals surface area (Å²) in [5.74, 6) is -0.303. The molecule has 2 amide bonds. The number of nitriles is 1. The molecule has 0 aromatic heterocycles. The molecule has 1 heterocycles. The predicted octanol–water partition coefficient (Wildman–Crippen LogP) is 2.70. The van der Waals surface area contributed by atoms with E-state index in [-0.39, 0.29) is 23.8 Å². The smallest absolute Gasteiger partial charge is 0.254 e. The van der Waals surface area contributed by atoms with Gasteiger partial charge in [-0.3, -0.25) is 14.5 Å². The van der Waals surface area contributed by atoms with Crippen molar-refractivity contribution < 1.29 is 9.59 Å². The molecule has 0 aliphatic carbocycles. The fourth-order valence-electron chi connectivity index (χ4n) is 3.36. The van der Waals surface area contributed by atoms with Gasteiger partial charge in [-0.2, -0.15) is 5.26 Å². The summed E-state index contributed by atoms with van der Waals surface area (Å²) in [6.45, 7) is 2.83. The molecule has 1 N–H and O–H groups in total. The average molecular weight is 390 g/mol. The molecule has 29 heavy (non-hydrogen) atoms. The van der Waals surface area contributed by atoms with Crippen LogP contribution in [-0.4, -0.2) is 54.8 Å². The number of benzene rings is 2. The highest BCUT2D eigenvalue weighted by atomic mass is 16.2. The van der Waals surface area contributed by atoms with E-state index in [0.717, 1.165) is 11.1 Å². The zero-order valence-electron chi connectivity index (χ0n) is 17.1. The van der Waals surface area contributed by atoms with Crippen LogP contribution >= 0.6 is 0 Å². The van der Waals surface area contributed by atoms with Gasteiger partial charge in [-0.15, -0.1) is 0 Å². The quantitative estimate of drug-likeness (QED) is 0.823. The van der Waals surface area contributed by atoms with Crippen molar-refractivity contribution in [2.24, 2.45) is 5.92 Å². The Bertz CT molecular complexity index is 928. The lowest BCUT2D eigenvalue weighted by molar-refractivity contribution is -0.120. The fourth-order valence-corrected chi connectivity index (χ4v) is 3.36. The van der Waals surface area contributed by atoms with Crippen molar-refractivity contribution in [2.45, 2.75) is 19.4 Å². The average Bonchev–Trinajstić information content (AvgIpc) is 2.67. The molecule has 6 nitrogen and oxygen atoms in total. The number of aryl methyl sites for hydroxylation is 1. The number of amides is 2. The van der Waals surface area contributed by atoms with Crippen LogP contribution in [0.25, 0.3) is 0 Å². The number of anilines is 1. The Kier molecular flexibility index (Phi) is 6.30. The van der Waals surface area contributed by atoms with Gasteiger partial charge in [0.2, 0.25) is 5.91 Å². The summed E-state index contributed by atoms with van der Waals surface area (Å²) in [6, 6.07) is 17.1. The number of nitrogens with zero attached hydrogens (tertiary/aromatic N) is 3. The number of carbonyl (C=O) groups excluding carboxylic acids is 2. The first-order valence-corrected chi connectivity index (χ1v) is 9.69. The third-order valence-electron chi connectivity index (χ3n) is 5.29. The maximum absolute atomic E-state index is 13.0. The maximum atomic E-state index is 13.0. The van der Waals surface area contributed by atoms with Crippen LogP contribution in [0.1, 0.15) is 21.5 Å². The first-order chi connectivity index (χ1) is 13.9. The maximum Gasteiger partial charge on any atom is 0.254 e. The van der Waals surface area contributed by atoms with E-state index in [1.807, 2.05) is 62.3 Å². The van der Waals surface area contributed by atoms with Gasteiger partial charge in [0.05, 0.1) is 18.0 Å². The molecule has 3 rings (SSSR count). The second-order valence-corrected chi connectivity index (χ2v) is 7.72. The van der Waals surface area contributed by atoms with Crippen LogP contribution in [0.3, 0.4) is 0 Å². The number of hydrogen-bond acceptors (Lipinski definition) is 4. The van der Waals surface area contributed by atoms with E-state index >= 15 is 0 Å². The summed E-state index contributed by atoms with van der Waals surface area (Å²) in [4.78, 5) is 29.2. The van der Waals surface area contributed by atoms with Crippen molar-refractivity contribution in [1.29, 1.82) is 5.26 Å². The number of likely N-dealkylation sites (N-methyl/N-ethyl adjacent to an activating group) is 1. The molecular formula is C23H26N4O2. The van der Waals surface area contributed by atoms with Crippen molar-refractivity contribution in [2.75, 3.05) is 32.5 Å². The van der Waals surface area contributed by atoms with Crippen LogP contribution in [0, 0.1) is 24.2 Å². The molecule has 150 valence electrons. The van der Waals surface area contributed by atoms with Crippen molar-refractivity contribution >= 4 is 17.5 Å². The summed E-state index contributed by atoms with van der Waals surface area (Å²) in [7, 11) is 3.77. The van der Waals surface area contributed by atoms with Crippen molar-refractivity contribution in [3.8, 4) is 6.07 Å². The van der Waals surface area contributed by atoms with Gasteiger partial charge < -0.3 is 10.2 Å². The Balaban J connectivity index is 1.73. The molecule has 2 aromatic rings. The van der Waals surface area contributed by atoms with Crippen LogP contribution in [-0.2, 0) is 11.2 Å².